The number of thiophene rings is 1. The molecule has 11 heteroatoms. The third kappa shape index (κ3) is 5.46. The molecule has 5 nitrogen and oxygen atoms in total. The summed E-state index contributed by atoms with van der Waals surface area (Å²) in [6.07, 6.45) is -3.18. The van der Waals surface area contributed by atoms with E-state index in [9.17, 15) is 18.0 Å². The summed E-state index contributed by atoms with van der Waals surface area (Å²) in [5.41, 5.74) is 0.805. The molecule has 1 aromatic carbocycles. The molecule has 0 saturated carbocycles. The summed E-state index contributed by atoms with van der Waals surface area (Å²) in [4.78, 5) is 17.5. The molecule has 0 aliphatic carbocycles. The molecule has 0 bridgehead atoms. The maximum absolute atomic E-state index is 12.9. The van der Waals surface area contributed by atoms with Crippen LogP contribution in [0.1, 0.15) is 26.5 Å². The van der Waals surface area contributed by atoms with Crippen LogP contribution in [0.3, 0.4) is 0 Å². The summed E-state index contributed by atoms with van der Waals surface area (Å²) >= 11 is 13.5. The van der Waals surface area contributed by atoms with Crippen molar-refractivity contribution in [1.29, 1.82) is 0 Å². The van der Waals surface area contributed by atoms with Crippen LogP contribution in [0.15, 0.2) is 41.9 Å². The Hall–Kier alpha value is -2.07. The van der Waals surface area contributed by atoms with Gasteiger partial charge in [-0.15, -0.1) is 11.3 Å². The number of halogens is 5. The number of carbonyl (C=O) groups is 1. The Labute approximate surface area is 196 Å². The second-order valence-electron chi connectivity index (χ2n) is 7.52. The van der Waals surface area contributed by atoms with Gasteiger partial charge < -0.3 is 4.90 Å². The van der Waals surface area contributed by atoms with Gasteiger partial charge in [-0.05, 0) is 40.8 Å². The summed E-state index contributed by atoms with van der Waals surface area (Å²) < 4.78 is 39.3. The largest absolute Gasteiger partial charge is 0.435 e. The van der Waals surface area contributed by atoms with E-state index < -0.39 is 11.9 Å². The quantitative estimate of drug-likeness (QED) is 0.476. The molecule has 0 unspecified atom stereocenters. The molecule has 0 radical (unpaired) electrons. The van der Waals surface area contributed by atoms with Crippen molar-refractivity contribution in [3.63, 3.8) is 0 Å². The summed E-state index contributed by atoms with van der Waals surface area (Å²) in [6, 6.07) is 8.10. The lowest BCUT2D eigenvalue weighted by Crippen LogP contribution is -2.48. The van der Waals surface area contributed by atoms with Crippen LogP contribution in [0.4, 0.5) is 13.2 Å². The molecule has 0 N–H and O–H groups in total. The molecule has 2 aromatic heterocycles. The normalized spacial score (nSPS) is 15.3. The predicted octanol–water partition coefficient (Wildman–Crippen LogP) is 5.28. The lowest BCUT2D eigenvalue weighted by atomic mass is 10.2. The van der Waals surface area contributed by atoms with Gasteiger partial charge in [0.25, 0.3) is 5.91 Å². The number of piperazine rings is 1. The fourth-order valence-electron chi connectivity index (χ4n) is 3.51. The molecule has 1 fully saturated rings. The van der Waals surface area contributed by atoms with Crippen molar-refractivity contribution in [3.8, 4) is 0 Å². The zero-order chi connectivity index (χ0) is 22.9. The summed E-state index contributed by atoms with van der Waals surface area (Å²) in [7, 11) is 0. The van der Waals surface area contributed by atoms with Gasteiger partial charge in [0.05, 0.1) is 11.4 Å². The zero-order valence-electron chi connectivity index (χ0n) is 16.8. The Morgan fingerprint density at radius 1 is 1.06 bits per heavy atom. The first-order valence-corrected chi connectivity index (χ1v) is 11.5. The van der Waals surface area contributed by atoms with Crippen molar-refractivity contribution in [2.75, 3.05) is 26.2 Å². The average molecular weight is 503 g/mol. The van der Waals surface area contributed by atoms with E-state index in [2.05, 4.69) is 10.00 Å². The molecule has 1 aliphatic rings. The van der Waals surface area contributed by atoms with Crippen LogP contribution in [-0.2, 0) is 19.3 Å². The van der Waals surface area contributed by atoms with Gasteiger partial charge in [0.1, 0.15) is 0 Å². The maximum Gasteiger partial charge on any atom is 0.435 e. The lowest BCUT2D eigenvalue weighted by molar-refractivity contribution is -0.141. The zero-order valence-corrected chi connectivity index (χ0v) is 19.1. The minimum Gasteiger partial charge on any atom is -0.335 e. The van der Waals surface area contributed by atoms with E-state index >= 15 is 0 Å². The number of amides is 1. The fraction of sp³-hybridized carbons (Fsp3) is 0.333. The molecular weight excluding hydrogens is 484 g/mol. The van der Waals surface area contributed by atoms with E-state index in [1.54, 1.807) is 22.4 Å². The van der Waals surface area contributed by atoms with Crippen molar-refractivity contribution < 1.29 is 18.0 Å². The minimum absolute atomic E-state index is 0.0677. The minimum atomic E-state index is -4.47. The number of hydrogen-bond acceptors (Lipinski definition) is 4. The van der Waals surface area contributed by atoms with Gasteiger partial charge in [0, 0.05) is 49.0 Å². The van der Waals surface area contributed by atoms with E-state index in [1.165, 1.54) is 22.2 Å². The number of alkyl halides is 3. The van der Waals surface area contributed by atoms with Gasteiger partial charge in [-0.25, -0.2) is 0 Å². The highest BCUT2D eigenvalue weighted by Crippen LogP contribution is 2.28. The van der Waals surface area contributed by atoms with Gasteiger partial charge in [0.15, 0.2) is 5.69 Å². The number of benzene rings is 1. The van der Waals surface area contributed by atoms with Crippen LogP contribution in [0.2, 0.25) is 10.0 Å². The third-order valence-electron chi connectivity index (χ3n) is 5.21. The number of hydrogen-bond donors (Lipinski definition) is 0. The lowest BCUT2D eigenvalue weighted by Gasteiger charge is -2.34. The van der Waals surface area contributed by atoms with Crippen LogP contribution in [0.25, 0.3) is 0 Å². The van der Waals surface area contributed by atoms with Crippen LogP contribution in [0.5, 0.6) is 0 Å². The number of nitrogens with zero attached hydrogens (tertiary/aromatic N) is 4. The van der Waals surface area contributed by atoms with Crippen LogP contribution in [-0.4, -0.2) is 51.7 Å². The summed E-state index contributed by atoms with van der Waals surface area (Å²) in [5.74, 6) is -0.0677. The highest BCUT2D eigenvalue weighted by atomic mass is 35.5. The van der Waals surface area contributed by atoms with Gasteiger partial charge in [-0.3, -0.25) is 14.4 Å². The molecule has 3 aromatic rings. The number of rotatable bonds is 5. The fourth-order valence-corrected chi connectivity index (χ4v) is 4.85. The predicted molar refractivity (Wildman–Crippen MR) is 118 cm³/mol. The van der Waals surface area contributed by atoms with Crippen LogP contribution in [0, 0.1) is 0 Å². The number of aromatic nitrogens is 2. The van der Waals surface area contributed by atoms with Gasteiger partial charge >= 0.3 is 6.18 Å². The monoisotopic (exact) mass is 502 g/mol. The van der Waals surface area contributed by atoms with Crippen LogP contribution < -0.4 is 0 Å². The second-order valence-corrected chi connectivity index (χ2v) is 9.27. The van der Waals surface area contributed by atoms with Crippen molar-refractivity contribution in [3.05, 3.63) is 73.7 Å². The topological polar surface area (TPSA) is 41.4 Å². The number of carbonyl (C=O) groups excluding carboxylic acids is 1. The van der Waals surface area contributed by atoms with Gasteiger partial charge in [-0.2, -0.15) is 18.3 Å². The Kier molecular flexibility index (Phi) is 6.80. The second kappa shape index (κ2) is 9.43. The molecular formula is C21H19Cl2F3N4OS. The Bertz CT molecular complexity index is 1110. The molecule has 1 aliphatic heterocycles. The summed E-state index contributed by atoms with van der Waals surface area (Å²) in [5, 5.41) is 6.55. The Morgan fingerprint density at radius 2 is 1.81 bits per heavy atom. The molecule has 3 heterocycles. The van der Waals surface area contributed by atoms with Crippen molar-refractivity contribution >= 4 is 40.4 Å². The molecule has 170 valence electrons. The average Bonchev–Trinajstić information content (AvgIpc) is 3.40. The Morgan fingerprint density at radius 3 is 2.47 bits per heavy atom. The molecule has 0 atom stereocenters. The molecule has 1 amide bonds. The van der Waals surface area contributed by atoms with Crippen molar-refractivity contribution in [2.45, 2.75) is 19.3 Å². The Balaban J connectivity index is 1.32. The van der Waals surface area contributed by atoms with E-state index in [1.807, 2.05) is 12.1 Å². The third-order valence-corrected chi connectivity index (χ3v) is 6.76. The standard InChI is InChI=1S/C21H19Cl2F3N4OS/c22-16-2-1-15(17(23)10-16)12-28-5-7-29(8-6-28)20(31)18-9-14(13-32-18)11-30-4-3-19(27-30)21(24,25)26/h1-4,9-10,13H,5-8,11-12H2. The first-order chi connectivity index (χ1) is 15.2. The first-order valence-electron chi connectivity index (χ1n) is 9.82. The summed E-state index contributed by atoms with van der Waals surface area (Å²) in [6.45, 7) is 3.48. The highest BCUT2D eigenvalue weighted by Gasteiger charge is 2.33. The van der Waals surface area contributed by atoms with Gasteiger partial charge in [-0.1, -0.05) is 29.3 Å². The smallest absolute Gasteiger partial charge is 0.335 e. The van der Waals surface area contributed by atoms with E-state index in [0.29, 0.717) is 34.6 Å². The highest BCUT2D eigenvalue weighted by molar-refractivity contribution is 7.12. The SMILES string of the molecule is O=C(c1cc(Cn2ccc(C(F)(F)F)n2)cs1)N1CCN(Cc2ccc(Cl)cc2Cl)CC1. The first kappa shape index (κ1) is 23.1. The van der Waals surface area contributed by atoms with Crippen LogP contribution >= 0.6 is 34.5 Å². The molecule has 4 rings (SSSR count). The van der Waals surface area contributed by atoms with E-state index in [4.69, 9.17) is 23.2 Å². The van der Waals surface area contributed by atoms with E-state index in [0.717, 1.165) is 30.3 Å². The molecule has 1 saturated heterocycles. The molecule has 0 spiro atoms. The van der Waals surface area contributed by atoms with E-state index in [-0.39, 0.29) is 12.5 Å². The molecule has 32 heavy (non-hydrogen) atoms. The van der Waals surface area contributed by atoms with Crippen molar-refractivity contribution in [2.24, 2.45) is 0 Å². The maximum atomic E-state index is 12.9. The van der Waals surface area contributed by atoms with Crippen molar-refractivity contribution in [1.82, 2.24) is 19.6 Å². The van der Waals surface area contributed by atoms with Gasteiger partial charge in [0.2, 0.25) is 0 Å².